The second kappa shape index (κ2) is 10.9. The normalized spacial score (nSPS) is 11.1. The van der Waals surface area contributed by atoms with Crippen LogP contribution in [0.2, 0.25) is 0 Å². The summed E-state index contributed by atoms with van der Waals surface area (Å²) in [5, 5.41) is 2.52. The van der Waals surface area contributed by atoms with Crippen LogP contribution in [0.5, 0.6) is 5.75 Å². The van der Waals surface area contributed by atoms with Crippen LogP contribution >= 0.6 is 0 Å². The molecule has 0 aliphatic rings. The molecular formula is C23H27NO5. The van der Waals surface area contributed by atoms with Crippen molar-refractivity contribution in [2.45, 2.75) is 33.0 Å². The predicted octanol–water partition coefficient (Wildman–Crippen LogP) is 4.35. The molecule has 0 unspecified atom stereocenters. The quantitative estimate of drug-likeness (QED) is 0.407. The fourth-order valence-electron chi connectivity index (χ4n) is 2.28. The largest absolute Gasteiger partial charge is 0.489 e. The third-order valence-electron chi connectivity index (χ3n) is 3.53. The Bertz CT molecular complexity index is 825. The Morgan fingerprint density at radius 2 is 1.79 bits per heavy atom. The van der Waals surface area contributed by atoms with Gasteiger partial charge in [-0.3, -0.25) is 0 Å². The van der Waals surface area contributed by atoms with Crippen LogP contribution in [-0.2, 0) is 20.9 Å². The summed E-state index contributed by atoms with van der Waals surface area (Å²) in [6.07, 6.45) is 2.44. The molecule has 2 aromatic rings. The number of rotatable bonds is 8. The predicted molar refractivity (Wildman–Crippen MR) is 111 cm³/mol. The van der Waals surface area contributed by atoms with Crippen LogP contribution in [0.4, 0.5) is 4.79 Å². The first-order valence-electron chi connectivity index (χ1n) is 9.40. The first-order valence-corrected chi connectivity index (χ1v) is 9.40. The zero-order valence-electron chi connectivity index (χ0n) is 17.0. The van der Waals surface area contributed by atoms with Gasteiger partial charge >= 0.3 is 12.1 Å². The third-order valence-corrected chi connectivity index (χ3v) is 3.53. The molecular weight excluding hydrogens is 370 g/mol. The standard InChI is InChI=1S/C23H27NO5/c1-23(2,3)29-22(26)24-14-15-27-21(25)13-12-18-10-7-11-20(16-18)28-17-19-8-5-4-6-9-19/h4-13,16H,14-15,17H2,1-3H3,(H,24,26)/b13-12+. The van der Waals surface area contributed by atoms with Crippen LogP contribution in [-0.4, -0.2) is 30.8 Å². The van der Waals surface area contributed by atoms with E-state index < -0.39 is 17.7 Å². The molecule has 2 aromatic carbocycles. The molecule has 0 atom stereocenters. The first-order chi connectivity index (χ1) is 13.8. The van der Waals surface area contributed by atoms with Gasteiger partial charge in [0.15, 0.2) is 0 Å². The summed E-state index contributed by atoms with van der Waals surface area (Å²) in [6.45, 7) is 6.04. The monoisotopic (exact) mass is 397 g/mol. The Morgan fingerprint density at radius 3 is 2.52 bits per heavy atom. The number of benzene rings is 2. The molecule has 6 nitrogen and oxygen atoms in total. The van der Waals surface area contributed by atoms with Gasteiger partial charge in [0.25, 0.3) is 0 Å². The Balaban J connectivity index is 1.73. The van der Waals surface area contributed by atoms with Gasteiger partial charge in [-0.2, -0.15) is 0 Å². The summed E-state index contributed by atoms with van der Waals surface area (Å²) < 4.78 is 15.9. The molecule has 0 aliphatic heterocycles. The third kappa shape index (κ3) is 9.46. The highest BCUT2D eigenvalue weighted by Gasteiger charge is 2.15. The van der Waals surface area contributed by atoms with Crippen molar-refractivity contribution in [2.75, 3.05) is 13.2 Å². The summed E-state index contributed by atoms with van der Waals surface area (Å²) in [5.41, 5.74) is 1.33. The fraction of sp³-hybridized carbons (Fsp3) is 0.304. The lowest BCUT2D eigenvalue weighted by Gasteiger charge is -2.19. The average molecular weight is 397 g/mol. The summed E-state index contributed by atoms with van der Waals surface area (Å²) >= 11 is 0. The van der Waals surface area contributed by atoms with Crippen LogP contribution in [0.3, 0.4) is 0 Å². The molecule has 2 rings (SSSR count). The Hall–Kier alpha value is -3.28. The lowest BCUT2D eigenvalue weighted by molar-refractivity contribution is -0.137. The SMILES string of the molecule is CC(C)(C)OC(=O)NCCOC(=O)/C=C/c1cccc(OCc2ccccc2)c1. The number of nitrogens with one attached hydrogen (secondary N) is 1. The molecule has 1 N–H and O–H groups in total. The zero-order valence-corrected chi connectivity index (χ0v) is 17.0. The number of hydrogen-bond donors (Lipinski definition) is 1. The Kier molecular flexibility index (Phi) is 8.27. The van der Waals surface area contributed by atoms with Gasteiger partial charge in [0.05, 0.1) is 6.54 Å². The Morgan fingerprint density at radius 1 is 1.03 bits per heavy atom. The van der Waals surface area contributed by atoms with E-state index in [0.717, 1.165) is 11.1 Å². The zero-order chi connectivity index (χ0) is 21.1. The van der Waals surface area contributed by atoms with E-state index in [9.17, 15) is 9.59 Å². The average Bonchev–Trinajstić information content (AvgIpc) is 2.68. The minimum absolute atomic E-state index is 0.0582. The molecule has 0 radical (unpaired) electrons. The lowest BCUT2D eigenvalue weighted by atomic mass is 10.2. The van der Waals surface area contributed by atoms with Crippen LogP contribution < -0.4 is 10.1 Å². The van der Waals surface area contributed by atoms with E-state index in [1.165, 1.54) is 6.08 Å². The van der Waals surface area contributed by atoms with Crippen molar-refractivity contribution in [3.05, 3.63) is 71.8 Å². The number of amides is 1. The summed E-state index contributed by atoms with van der Waals surface area (Å²) in [5.74, 6) is 0.220. The van der Waals surface area contributed by atoms with E-state index in [2.05, 4.69) is 5.32 Å². The second-order valence-electron chi connectivity index (χ2n) is 7.28. The van der Waals surface area contributed by atoms with Gasteiger partial charge in [-0.25, -0.2) is 9.59 Å². The van der Waals surface area contributed by atoms with Crippen LogP contribution in [0, 0.1) is 0 Å². The topological polar surface area (TPSA) is 73.9 Å². The molecule has 154 valence electrons. The van der Waals surface area contributed by atoms with Gasteiger partial charge in [-0.1, -0.05) is 42.5 Å². The summed E-state index contributed by atoms with van der Waals surface area (Å²) in [6, 6.07) is 17.3. The van der Waals surface area contributed by atoms with Gasteiger partial charge in [-0.15, -0.1) is 0 Å². The number of alkyl carbamates (subject to hydrolysis) is 1. The lowest BCUT2D eigenvalue weighted by Crippen LogP contribution is -2.34. The minimum Gasteiger partial charge on any atom is -0.489 e. The smallest absolute Gasteiger partial charge is 0.407 e. The second-order valence-corrected chi connectivity index (χ2v) is 7.28. The minimum atomic E-state index is -0.567. The molecule has 1 amide bonds. The molecule has 0 aliphatic carbocycles. The highest BCUT2D eigenvalue weighted by atomic mass is 16.6. The molecule has 0 spiro atoms. The van der Waals surface area contributed by atoms with Crippen LogP contribution in [0.25, 0.3) is 6.08 Å². The van der Waals surface area contributed by atoms with Crippen LogP contribution in [0.15, 0.2) is 60.7 Å². The van der Waals surface area contributed by atoms with E-state index >= 15 is 0 Å². The van der Waals surface area contributed by atoms with Crippen molar-refractivity contribution in [3.63, 3.8) is 0 Å². The molecule has 0 saturated heterocycles. The van der Waals surface area contributed by atoms with Crippen molar-refractivity contribution in [3.8, 4) is 5.75 Å². The van der Waals surface area contributed by atoms with Crippen molar-refractivity contribution >= 4 is 18.1 Å². The van der Waals surface area contributed by atoms with Crippen molar-refractivity contribution in [1.82, 2.24) is 5.32 Å². The van der Waals surface area contributed by atoms with Crippen LogP contribution in [0.1, 0.15) is 31.9 Å². The highest BCUT2D eigenvalue weighted by molar-refractivity contribution is 5.87. The van der Waals surface area contributed by atoms with E-state index in [1.807, 2.05) is 54.6 Å². The van der Waals surface area contributed by atoms with Gasteiger partial charge in [0.1, 0.15) is 24.6 Å². The molecule has 0 heterocycles. The molecule has 29 heavy (non-hydrogen) atoms. The number of carbonyl (C=O) groups is 2. The molecule has 6 heteroatoms. The number of esters is 1. The molecule has 0 bridgehead atoms. The molecule has 0 fully saturated rings. The van der Waals surface area contributed by atoms with E-state index in [4.69, 9.17) is 14.2 Å². The van der Waals surface area contributed by atoms with Crippen molar-refractivity contribution < 1.29 is 23.8 Å². The van der Waals surface area contributed by atoms with Crippen molar-refractivity contribution in [1.29, 1.82) is 0 Å². The van der Waals surface area contributed by atoms with E-state index in [0.29, 0.717) is 12.4 Å². The van der Waals surface area contributed by atoms with Gasteiger partial charge < -0.3 is 19.5 Å². The maximum absolute atomic E-state index is 11.8. The fourth-order valence-corrected chi connectivity index (χ4v) is 2.28. The van der Waals surface area contributed by atoms with E-state index in [1.54, 1.807) is 26.8 Å². The van der Waals surface area contributed by atoms with Crippen molar-refractivity contribution in [2.24, 2.45) is 0 Å². The van der Waals surface area contributed by atoms with E-state index in [-0.39, 0.29) is 13.2 Å². The number of carbonyl (C=O) groups excluding carboxylic acids is 2. The van der Waals surface area contributed by atoms with Gasteiger partial charge in [0.2, 0.25) is 0 Å². The van der Waals surface area contributed by atoms with Gasteiger partial charge in [0, 0.05) is 6.08 Å². The number of ether oxygens (including phenoxy) is 3. The molecule has 0 aromatic heterocycles. The summed E-state index contributed by atoms with van der Waals surface area (Å²) in [4.78, 5) is 23.3. The maximum Gasteiger partial charge on any atom is 0.407 e. The first kappa shape index (κ1) is 22.0. The maximum atomic E-state index is 11.8. The van der Waals surface area contributed by atoms with Gasteiger partial charge in [-0.05, 0) is 50.1 Å². The Labute approximate surface area is 171 Å². The highest BCUT2D eigenvalue weighted by Crippen LogP contribution is 2.16. The summed E-state index contributed by atoms with van der Waals surface area (Å²) in [7, 11) is 0. The molecule has 0 saturated carbocycles. The number of hydrogen-bond acceptors (Lipinski definition) is 5.